The predicted octanol–water partition coefficient (Wildman–Crippen LogP) is 4.06. The topological polar surface area (TPSA) is 25.6 Å². The van der Waals surface area contributed by atoms with E-state index in [1.807, 2.05) is 12.1 Å². The molecule has 0 fully saturated rings. The van der Waals surface area contributed by atoms with Gasteiger partial charge in [-0.05, 0) is 36.1 Å². The van der Waals surface area contributed by atoms with Crippen molar-refractivity contribution in [1.82, 2.24) is 4.90 Å². The van der Waals surface area contributed by atoms with Crippen LogP contribution in [0, 0.1) is 6.92 Å². The number of rotatable bonds is 3. The maximum Gasteiger partial charge on any atom is 0.142 e. The minimum Gasteiger partial charge on any atom is -0.477 e. The summed E-state index contributed by atoms with van der Waals surface area (Å²) in [5, 5.41) is 0. The van der Waals surface area contributed by atoms with Gasteiger partial charge in [-0.15, -0.1) is 0 Å². The number of nitrogens with zero attached hydrogens (tertiary/aromatic N) is 1. The molecule has 0 radical (unpaired) electrons. The first kappa shape index (κ1) is 13.3. The SMILES string of the molecule is Cc1ccc(C(C)C)c2c1OCN(Cc1ccco1)C2. The molecule has 0 aliphatic carbocycles. The molecule has 1 aliphatic heterocycles. The van der Waals surface area contributed by atoms with Gasteiger partial charge in [0.1, 0.15) is 18.2 Å². The van der Waals surface area contributed by atoms with Crippen molar-refractivity contribution in [2.45, 2.75) is 39.8 Å². The van der Waals surface area contributed by atoms with E-state index in [4.69, 9.17) is 9.15 Å². The number of fused-ring (bicyclic) bond motifs is 1. The fourth-order valence-corrected chi connectivity index (χ4v) is 2.81. The van der Waals surface area contributed by atoms with Crippen LogP contribution in [0.15, 0.2) is 34.9 Å². The molecule has 0 amide bonds. The Labute approximate surface area is 120 Å². The Bertz CT molecular complexity index is 587. The molecule has 1 aromatic heterocycles. The number of aryl methyl sites for hydroxylation is 1. The molecule has 1 aromatic carbocycles. The summed E-state index contributed by atoms with van der Waals surface area (Å²) in [6, 6.07) is 8.34. The van der Waals surface area contributed by atoms with Gasteiger partial charge in [0.25, 0.3) is 0 Å². The van der Waals surface area contributed by atoms with Crippen LogP contribution in [0.3, 0.4) is 0 Å². The van der Waals surface area contributed by atoms with Crippen molar-refractivity contribution >= 4 is 0 Å². The van der Waals surface area contributed by atoms with Gasteiger partial charge in [0.05, 0.1) is 12.8 Å². The third kappa shape index (κ3) is 2.46. The number of furan rings is 1. The highest BCUT2D eigenvalue weighted by molar-refractivity contribution is 5.48. The Morgan fingerprint density at radius 2 is 2.10 bits per heavy atom. The third-order valence-corrected chi connectivity index (χ3v) is 3.85. The Morgan fingerprint density at radius 1 is 1.25 bits per heavy atom. The van der Waals surface area contributed by atoms with E-state index in [9.17, 15) is 0 Å². The standard InChI is InChI=1S/C17H21NO2/c1-12(2)15-7-6-13(3)17-16(15)10-18(11-20-17)9-14-5-4-8-19-14/h4-8,12H,9-11H2,1-3H3. The van der Waals surface area contributed by atoms with Crippen LogP contribution >= 0.6 is 0 Å². The summed E-state index contributed by atoms with van der Waals surface area (Å²) in [5.41, 5.74) is 3.94. The normalized spacial score (nSPS) is 15.2. The van der Waals surface area contributed by atoms with Crippen LogP contribution in [0.25, 0.3) is 0 Å². The molecule has 0 N–H and O–H groups in total. The lowest BCUT2D eigenvalue weighted by Crippen LogP contribution is -2.32. The van der Waals surface area contributed by atoms with E-state index in [0.29, 0.717) is 12.6 Å². The summed E-state index contributed by atoms with van der Waals surface area (Å²) in [4.78, 5) is 2.27. The summed E-state index contributed by atoms with van der Waals surface area (Å²) >= 11 is 0. The van der Waals surface area contributed by atoms with E-state index in [-0.39, 0.29) is 0 Å². The van der Waals surface area contributed by atoms with Gasteiger partial charge < -0.3 is 9.15 Å². The first-order chi connectivity index (χ1) is 9.65. The van der Waals surface area contributed by atoms with Gasteiger partial charge in [0.15, 0.2) is 0 Å². The second-order valence-electron chi connectivity index (χ2n) is 5.77. The van der Waals surface area contributed by atoms with Crippen LogP contribution in [0.4, 0.5) is 0 Å². The molecule has 0 saturated heterocycles. The molecule has 0 atom stereocenters. The number of hydrogen-bond acceptors (Lipinski definition) is 3. The number of hydrogen-bond donors (Lipinski definition) is 0. The quantitative estimate of drug-likeness (QED) is 0.841. The number of ether oxygens (including phenoxy) is 1. The molecule has 106 valence electrons. The molecule has 2 aromatic rings. The van der Waals surface area contributed by atoms with Gasteiger partial charge in [-0.25, -0.2) is 0 Å². The van der Waals surface area contributed by atoms with Crippen molar-refractivity contribution in [2.24, 2.45) is 0 Å². The van der Waals surface area contributed by atoms with Crippen molar-refractivity contribution in [3.05, 3.63) is 53.0 Å². The Hall–Kier alpha value is -1.74. The third-order valence-electron chi connectivity index (χ3n) is 3.85. The zero-order valence-corrected chi connectivity index (χ0v) is 12.3. The van der Waals surface area contributed by atoms with E-state index < -0.39 is 0 Å². The first-order valence-electron chi connectivity index (χ1n) is 7.15. The van der Waals surface area contributed by atoms with Gasteiger partial charge in [0.2, 0.25) is 0 Å². The molecule has 0 unspecified atom stereocenters. The second-order valence-corrected chi connectivity index (χ2v) is 5.77. The Kier molecular flexibility index (Phi) is 3.53. The lowest BCUT2D eigenvalue weighted by molar-refractivity contribution is 0.0809. The average Bonchev–Trinajstić information content (AvgIpc) is 2.91. The molecule has 3 rings (SSSR count). The van der Waals surface area contributed by atoms with Gasteiger partial charge in [-0.3, -0.25) is 4.90 Å². The fraction of sp³-hybridized carbons (Fsp3) is 0.412. The fourth-order valence-electron chi connectivity index (χ4n) is 2.81. The zero-order chi connectivity index (χ0) is 14.1. The van der Waals surface area contributed by atoms with E-state index in [1.54, 1.807) is 6.26 Å². The monoisotopic (exact) mass is 271 g/mol. The lowest BCUT2D eigenvalue weighted by atomic mass is 9.93. The van der Waals surface area contributed by atoms with Gasteiger partial charge >= 0.3 is 0 Å². The molecule has 2 heterocycles. The molecule has 0 bridgehead atoms. The van der Waals surface area contributed by atoms with Crippen molar-refractivity contribution in [2.75, 3.05) is 6.73 Å². The maximum atomic E-state index is 5.99. The van der Waals surface area contributed by atoms with E-state index >= 15 is 0 Å². The predicted molar refractivity (Wildman–Crippen MR) is 78.7 cm³/mol. The van der Waals surface area contributed by atoms with Crippen LogP contribution in [0.2, 0.25) is 0 Å². The summed E-state index contributed by atoms with van der Waals surface area (Å²) < 4.78 is 11.4. The lowest BCUT2D eigenvalue weighted by Gasteiger charge is -2.31. The molecule has 0 saturated carbocycles. The molecule has 1 aliphatic rings. The number of benzene rings is 1. The van der Waals surface area contributed by atoms with Crippen molar-refractivity contribution in [3.8, 4) is 5.75 Å². The van der Waals surface area contributed by atoms with Crippen LogP contribution in [-0.4, -0.2) is 11.6 Å². The molecular formula is C17H21NO2. The van der Waals surface area contributed by atoms with Crippen molar-refractivity contribution < 1.29 is 9.15 Å². The van der Waals surface area contributed by atoms with E-state index in [2.05, 4.69) is 37.8 Å². The summed E-state index contributed by atoms with van der Waals surface area (Å²) in [7, 11) is 0. The van der Waals surface area contributed by atoms with Gasteiger partial charge in [-0.2, -0.15) is 0 Å². The van der Waals surface area contributed by atoms with Crippen LogP contribution < -0.4 is 4.74 Å². The molecule has 3 heteroatoms. The van der Waals surface area contributed by atoms with Crippen LogP contribution in [-0.2, 0) is 13.1 Å². The van der Waals surface area contributed by atoms with Crippen molar-refractivity contribution in [3.63, 3.8) is 0 Å². The van der Waals surface area contributed by atoms with Crippen molar-refractivity contribution in [1.29, 1.82) is 0 Å². The maximum absolute atomic E-state index is 5.99. The largest absolute Gasteiger partial charge is 0.477 e. The minimum atomic E-state index is 0.511. The molecule has 3 nitrogen and oxygen atoms in total. The molecule has 20 heavy (non-hydrogen) atoms. The van der Waals surface area contributed by atoms with Gasteiger partial charge in [0, 0.05) is 12.1 Å². The zero-order valence-electron chi connectivity index (χ0n) is 12.3. The summed E-state index contributed by atoms with van der Waals surface area (Å²) in [5.74, 6) is 2.57. The van der Waals surface area contributed by atoms with E-state index in [1.165, 1.54) is 16.7 Å². The van der Waals surface area contributed by atoms with E-state index in [0.717, 1.165) is 24.6 Å². The first-order valence-corrected chi connectivity index (χ1v) is 7.15. The van der Waals surface area contributed by atoms with Crippen LogP contribution in [0.5, 0.6) is 5.75 Å². The molecule has 0 spiro atoms. The summed E-state index contributed by atoms with van der Waals surface area (Å²) in [6.45, 7) is 8.91. The van der Waals surface area contributed by atoms with Crippen LogP contribution in [0.1, 0.15) is 42.2 Å². The highest BCUT2D eigenvalue weighted by Gasteiger charge is 2.23. The Morgan fingerprint density at radius 3 is 2.80 bits per heavy atom. The summed E-state index contributed by atoms with van der Waals surface area (Å²) in [6.07, 6.45) is 1.72. The Balaban J connectivity index is 1.87. The average molecular weight is 271 g/mol. The second kappa shape index (κ2) is 5.33. The van der Waals surface area contributed by atoms with Gasteiger partial charge in [-0.1, -0.05) is 26.0 Å². The smallest absolute Gasteiger partial charge is 0.142 e. The minimum absolute atomic E-state index is 0.511. The molecular weight excluding hydrogens is 250 g/mol. The highest BCUT2D eigenvalue weighted by Crippen LogP contribution is 2.35. The highest BCUT2D eigenvalue weighted by atomic mass is 16.5.